The first kappa shape index (κ1) is 24.2. The normalized spacial score (nSPS) is 11.8. The number of amides is 2. The van der Waals surface area contributed by atoms with Gasteiger partial charge >= 0.3 is 0 Å². The van der Waals surface area contributed by atoms with E-state index in [-0.39, 0.29) is 18.2 Å². The number of halogens is 2. The lowest BCUT2D eigenvalue weighted by molar-refractivity contribution is -0.140. The second-order valence-electron chi connectivity index (χ2n) is 7.66. The van der Waals surface area contributed by atoms with Gasteiger partial charge in [-0.1, -0.05) is 72.4 Å². The number of hydrogen-bond acceptors (Lipinski definition) is 2. The molecular weight excluding hydrogens is 419 g/mol. The highest BCUT2D eigenvalue weighted by atomic mass is 35.5. The van der Waals surface area contributed by atoms with Crippen LogP contribution in [0.2, 0.25) is 10.0 Å². The average molecular weight is 449 g/mol. The van der Waals surface area contributed by atoms with Gasteiger partial charge in [0.1, 0.15) is 6.04 Å². The van der Waals surface area contributed by atoms with Crippen molar-refractivity contribution in [1.82, 2.24) is 10.2 Å². The maximum Gasteiger partial charge on any atom is 0.242 e. The predicted octanol–water partition coefficient (Wildman–Crippen LogP) is 5.49. The number of carbonyl (C=O) groups is 2. The SMILES string of the molecule is CCCNC(=O)[C@@H](CC)N(Cc1ccc(Cl)c(Cl)c1)C(=O)Cc1cc(C)cc(C)c1. The molecule has 0 aliphatic heterocycles. The first-order valence-electron chi connectivity index (χ1n) is 10.3. The smallest absolute Gasteiger partial charge is 0.242 e. The van der Waals surface area contributed by atoms with Crippen LogP contribution in [0.25, 0.3) is 0 Å². The molecule has 0 heterocycles. The summed E-state index contributed by atoms with van der Waals surface area (Å²) in [7, 11) is 0. The third-order valence-electron chi connectivity index (χ3n) is 4.91. The molecule has 1 N–H and O–H groups in total. The molecule has 0 fully saturated rings. The summed E-state index contributed by atoms with van der Waals surface area (Å²) in [6.45, 7) is 8.82. The summed E-state index contributed by atoms with van der Waals surface area (Å²) in [5, 5.41) is 3.82. The van der Waals surface area contributed by atoms with Gasteiger partial charge in [-0.25, -0.2) is 0 Å². The number of nitrogens with zero attached hydrogens (tertiary/aromatic N) is 1. The number of nitrogens with one attached hydrogen (secondary N) is 1. The molecule has 162 valence electrons. The van der Waals surface area contributed by atoms with E-state index in [0.717, 1.165) is 28.7 Å². The third kappa shape index (κ3) is 6.75. The molecule has 1 atom stereocenters. The van der Waals surface area contributed by atoms with E-state index in [2.05, 4.69) is 11.4 Å². The molecule has 2 aromatic carbocycles. The van der Waals surface area contributed by atoms with Crippen molar-refractivity contribution in [3.63, 3.8) is 0 Å². The minimum absolute atomic E-state index is 0.0930. The van der Waals surface area contributed by atoms with Crippen molar-refractivity contribution in [3.8, 4) is 0 Å². The van der Waals surface area contributed by atoms with Crippen molar-refractivity contribution in [2.75, 3.05) is 6.54 Å². The van der Waals surface area contributed by atoms with E-state index in [9.17, 15) is 9.59 Å². The molecule has 0 bridgehead atoms. The van der Waals surface area contributed by atoms with Crippen molar-refractivity contribution in [1.29, 1.82) is 0 Å². The first-order chi connectivity index (χ1) is 14.2. The fraction of sp³-hybridized carbons (Fsp3) is 0.417. The van der Waals surface area contributed by atoms with E-state index in [0.29, 0.717) is 29.6 Å². The van der Waals surface area contributed by atoms with Crippen LogP contribution in [-0.2, 0) is 22.6 Å². The Kier molecular flexibility index (Phi) is 9.19. The van der Waals surface area contributed by atoms with Crippen molar-refractivity contribution >= 4 is 35.0 Å². The number of rotatable bonds is 9. The van der Waals surface area contributed by atoms with Crippen molar-refractivity contribution in [3.05, 3.63) is 68.7 Å². The maximum atomic E-state index is 13.4. The molecule has 0 aliphatic rings. The maximum absolute atomic E-state index is 13.4. The fourth-order valence-corrected chi connectivity index (χ4v) is 3.89. The zero-order chi connectivity index (χ0) is 22.3. The molecule has 0 saturated carbocycles. The fourth-order valence-electron chi connectivity index (χ4n) is 3.57. The van der Waals surface area contributed by atoms with Crippen molar-refractivity contribution < 1.29 is 9.59 Å². The summed E-state index contributed by atoms with van der Waals surface area (Å²) in [6, 6.07) is 10.9. The molecule has 2 rings (SSSR count). The molecule has 2 aromatic rings. The summed E-state index contributed by atoms with van der Waals surface area (Å²) >= 11 is 12.2. The Morgan fingerprint density at radius 2 is 1.63 bits per heavy atom. The van der Waals surface area contributed by atoms with Gasteiger partial charge in [-0.05, 0) is 49.9 Å². The van der Waals surface area contributed by atoms with Gasteiger partial charge in [0.25, 0.3) is 0 Å². The average Bonchev–Trinajstić information content (AvgIpc) is 2.68. The van der Waals surface area contributed by atoms with E-state index in [1.807, 2.05) is 45.9 Å². The molecular formula is C24H30Cl2N2O2. The summed E-state index contributed by atoms with van der Waals surface area (Å²) < 4.78 is 0. The van der Waals surface area contributed by atoms with Crippen molar-refractivity contribution in [2.24, 2.45) is 0 Å². The standard InChI is InChI=1S/C24H30Cl2N2O2/c1-5-9-27-24(30)22(6-2)28(15-18-7-8-20(25)21(26)13-18)23(29)14-19-11-16(3)10-17(4)12-19/h7-8,10-13,22H,5-6,9,14-15H2,1-4H3,(H,27,30)/t22-/m1/s1. The van der Waals surface area contributed by atoms with Crippen LogP contribution in [0.15, 0.2) is 36.4 Å². The van der Waals surface area contributed by atoms with Crippen LogP contribution in [0.1, 0.15) is 48.9 Å². The quantitative estimate of drug-likeness (QED) is 0.551. The molecule has 0 spiro atoms. The molecule has 0 radical (unpaired) electrons. The van der Waals surface area contributed by atoms with E-state index >= 15 is 0 Å². The minimum atomic E-state index is -0.551. The lowest BCUT2D eigenvalue weighted by Gasteiger charge is -2.31. The first-order valence-corrected chi connectivity index (χ1v) is 11.1. The molecule has 4 nitrogen and oxygen atoms in total. The van der Waals surface area contributed by atoms with E-state index in [1.165, 1.54) is 0 Å². The number of hydrogen-bond donors (Lipinski definition) is 1. The topological polar surface area (TPSA) is 49.4 Å². The summed E-state index contributed by atoms with van der Waals surface area (Å²) in [6.07, 6.45) is 1.60. The Balaban J connectivity index is 2.33. The molecule has 2 amide bonds. The van der Waals surface area contributed by atoms with Gasteiger partial charge < -0.3 is 10.2 Å². The molecule has 0 saturated heterocycles. The second-order valence-corrected chi connectivity index (χ2v) is 8.47. The Bertz CT molecular complexity index is 879. The molecule has 0 unspecified atom stereocenters. The zero-order valence-corrected chi connectivity index (χ0v) is 19.6. The van der Waals surface area contributed by atoms with Crippen LogP contribution in [0.3, 0.4) is 0 Å². The highest BCUT2D eigenvalue weighted by Crippen LogP contribution is 2.24. The van der Waals surface area contributed by atoms with Gasteiger partial charge in [0.2, 0.25) is 11.8 Å². The lowest BCUT2D eigenvalue weighted by atomic mass is 10.0. The lowest BCUT2D eigenvalue weighted by Crippen LogP contribution is -2.49. The van der Waals surface area contributed by atoms with Gasteiger partial charge in [0.15, 0.2) is 0 Å². The number of carbonyl (C=O) groups excluding carboxylic acids is 2. The van der Waals surface area contributed by atoms with E-state index < -0.39 is 6.04 Å². The van der Waals surface area contributed by atoms with Gasteiger partial charge in [-0.15, -0.1) is 0 Å². The van der Waals surface area contributed by atoms with Crippen LogP contribution >= 0.6 is 23.2 Å². The van der Waals surface area contributed by atoms with Crippen molar-refractivity contribution in [2.45, 2.75) is 59.5 Å². The second kappa shape index (κ2) is 11.4. The summed E-state index contributed by atoms with van der Waals surface area (Å²) in [5.41, 5.74) is 4.00. The van der Waals surface area contributed by atoms with Crippen LogP contribution < -0.4 is 5.32 Å². The Morgan fingerprint density at radius 1 is 0.967 bits per heavy atom. The number of aryl methyl sites for hydroxylation is 2. The Labute approximate surface area is 189 Å². The highest BCUT2D eigenvalue weighted by molar-refractivity contribution is 6.42. The largest absolute Gasteiger partial charge is 0.354 e. The van der Waals surface area contributed by atoms with E-state index in [4.69, 9.17) is 23.2 Å². The highest BCUT2D eigenvalue weighted by Gasteiger charge is 2.28. The van der Waals surface area contributed by atoms with Crippen LogP contribution in [0, 0.1) is 13.8 Å². The monoisotopic (exact) mass is 448 g/mol. The summed E-state index contributed by atoms with van der Waals surface area (Å²) in [5.74, 6) is -0.224. The Morgan fingerprint density at radius 3 is 2.20 bits per heavy atom. The minimum Gasteiger partial charge on any atom is -0.354 e. The third-order valence-corrected chi connectivity index (χ3v) is 5.65. The van der Waals surface area contributed by atoms with Gasteiger partial charge in [0.05, 0.1) is 16.5 Å². The van der Waals surface area contributed by atoms with E-state index in [1.54, 1.807) is 17.0 Å². The molecule has 0 aromatic heterocycles. The zero-order valence-electron chi connectivity index (χ0n) is 18.1. The predicted molar refractivity (Wildman–Crippen MR) is 124 cm³/mol. The van der Waals surface area contributed by atoms with Gasteiger partial charge in [-0.2, -0.15) is 0 Å². The van der Waals surface area contributed by atoms with Gasteiger partial charge in [0, 0.05) is 13.1 Å². The van der Waals surface area contributed by atoms with Gasteiger partial charge in [-0.3, -0.25) is 9.59 Å². The molecule has 0 aliphatic carbocycles. The Hall–Kier alpha value is -2.04. The van der Waals surface area contributed by atoms with Crippen LogP contribution in [0.4, 0.5) is 0 Å². The number of benzene rings is 2. The molecule has 30 heavy (non-hydrogen) atoms. The summed E-state index contributed by atoms with van der Waals surface area (Å²) in [4.78, 5) is 27.8. The molecule has 6 heteroatoms. The van der Waals surface area contributed by atoms with Crippen LogP contribution in [-0.4, -0.2) is 29.3 Å². The van der Waals surface area contributed by atoms with Crippen LogP contribution in [0.5, 0.6) is 0 Å².